The number of thiophene rings is 1. The fourth-order valence-electron chi connectivity index (χ4n) is 3.43. The van der Waals surface area contributed by atoms with Crippen molar-refractivity contribution in [2.24, 2.45) is 0 Å². The molecule has 3 aromatic rings. The van der Waals surface area contributed by atoms with Crippen LogP contribution in [0.25, 0.3) is 26.4 Å². The highest BCUT2D eigenvalue weighted by molar-refractivity contribution is 7.22. The predicted octanol–water partition coefficient (Wildman–Crippen LogP) is 4.36. The number of aromatic nitrogens is 2. The molecule has 0 unspecified atom stereocenters. The number of likely N-dealkylation sites (N-methyl/N-ethyl adjacent to an activating group) is 1. The molecule has 2 aromatic heterocycles. The number of benzene rings is 1. The van der Waals surface area contributed by atoms with Crippen molar-refractivity contribution in [3.8, 4) is 11.4 Å². The van der Waals surface area contributed by atoms with E-state index in [1.807, 2.05) is 37.3 Å². The molecule has 1 aliphatic rings. The average Bonchev–Trinajstić information content (AvgIpc) is 3.04. The molecule has 3 heterocycles. The van der Waals surface area contributed by atoms with Crippen LogP contribution in [0.2, 0.25) is 0 Å². The van der Waals surface area contributed by atoms with Gasteiger partial charge in [-0.3, -0.25) is 0 Å². The summed E-state index contributed by atoms with van der Waals surface area (Å²) in [6, 6.07) is 10.1. The Morgan fingerprint density at radius 2 is 1.85 bits per heavy atom. The molecule has 0 amide bonds. The Bertz CT molecular complexity index is 965. The summed E-state index contributed by atoms with van der Waals surface area (Å²) in [5, 5.41) is 1.76. The Labute approximate surface area is 157 Å². The smallest absolute Gasteiger partial charge is 0.246 e. The van der Waals surface area contributed by atoms with Crippen LogP contribution in [0.5, 0.6) is 0 Å². The summed E-state index contributed by atoms with van der Waals surface area (Å²) in [4.78, 5) is 19.2. The first-order chi connectivity index (χ1) is 12.7. The number of nitrogens with zero attached hydrogens (tertiary/aromatic N) is 5. The lowest BCUT2D eigenvalue weighted by Gasteiger charge is -2.35. The van der Waals surface area contributed by atoms with E-state index in [9.17, 15) is 0 Å². The summed E-state index contributed by atoms with van der Waals surface area (Å²) in [5.74, 6) is 1.72. The van der Waals surface area contributed by atoms with Gasteiger partial charge < -0.3 is 9.80 Å². The van der Waals surface area contributed by atoms with Crippen molar-refractivity contribution in [1.82, 2.24) is 14.9 Å². The van der Waals surface area contributed by atoms with Crippen LogP contribution in [0, 0.1) is 13.5 Å². The van der Waals surface area contributed by atoms with Gasteiger partial charge in [-0.2, -0.15) is 0 Å². The molecule has 0 atom stereocenters. The van der Waals surface area contributed by atoms with Crippen molar-refractivity contribution < 1.29 is 0 Å². The van der Waals surface area contributed by atoms with Gasteiger partial charge >= 0.3 is 0 Å². The van der Waals surface area contributed by atoms with Gasteiger partial charge in [-0.15, -0.1) is 11.3 Å². The molecular formula is C20H21N5S. The van der Waals surface area contributed by atoms with Gasteiger partial charge in [-0.25, -0.2) is 14.8 Å². The van der Waals surface area contributed by atoms with Crippen molar-refractivity contribution in [2.45, 2.75) is 13.8 Å². The van der Waals surface area contributed by atoms with Gasteiger partial charge in [0.15, 0.2) is 5.82 Å². The molecule has 0 saturated carbocycles. The van der Waals surface area contributed by atoms with Crippen LogP contribution in [-0.2, 0) is 0 Å². The van der Waals surface area contributed by atoms with Crippen LogP contribution >= 0.6 is 11.3 Å². The van der Waals surface area contributed by atoms with Gasteiger partial charge in [0, 0.05) is 37.1 Å². The second kappa shape index (κ2) is 7.02. The minimum absolute atomic E-state index is 0.716. The number of anilines is 1. The molecule has 1 aliphatic heterocycles. The molecule has 4 rings (SSSR count). The zero-order valence-corrected chi connectivity index (χ0v) is 15.9. The number of piperazine rings is 1. The highest BCUT2D eigenvalue weighted by Gasteiger charge is 2.23. The molecule has 0 N–H and O–H groups in total. The van der Waals surface area contributed by atoms with E-state index in [-0.39, 0.29) is 0 Å². The Morgan fingerprint density at radius 1 is 1.12 bits per heavy atom. The van der Waals surface area contributed by atoms with Gasteiger partial charge in [0.2, 0.25) is 5.00 Å². The fourth-order valence-corrected chi connectivity index (χ4v) is 4.40. The molecule has 0 bridgehead atoms. The maximum Gasteiger partial charge on any atom is 0.246 e. The number of rotatable bonds is 3. The van der Waals surface area contributed by atoms with Crippen molar-refractivity contribution in [3.63, 3.8) is 0 Å². The van der Waals surface area contributed by atoms with E-state index < -0.39 is 0 Å². The van der Waals surface area contributed by atoms with Crippen LogP contribution in [0.15, 0.2) is 30.3 Å². The lowest BCUT2D eigenvalue weighted by atomic mass is 10.2. The SMILES string of the molecule is [C-]#[N+]c1sc2nc(-c3ccccc3)nc(N3CCN(CC)CC3)c2c1C. The van der Waals surface area contributed by atoms with Crippen LogP contribution in [0.3, 0.4) is 0 Å². The topological polar surface area (TPSA) is 36.6 Å². The molecule has 1 saturated heterocycles. The quantitative estimate of drug-likeness (QED) is 0.648. The predicted molar refractivity (Wildman–Crippen MR) is 108 cm³/mol. The molecular weight excluding hydrogens is 342 g/mol. The Morgan fingerprint density at radius 3 is 2.50 bits per heavy atom. The molecule has 26 heavy (non-hydrogen) atoms. The number of aryl methyl sites for hydroxylation is 1. The second-order valence-corrected chi connectivity index (χ2v) is 7.46. The first kappa shape index (κ1) is 17.0. The van der Waals surface area contributed by atoms with Gasteiger partial charge in [-0.1, -0.05) is 37.3 Å². The summed E-state index contributed by atoms with van der Waals surface area (Å²) >= 11 is 1.47. The highest BCUT2D eigenvalue weighted by Crippen LogP contribution is 2.41. The molecule has 5 nitrogen and oxygen atoms in total. The normalized spacial score (nSPS) is 15.3. The summed E-state index contributed by atoms with van der Waals surface area (Å²) in [7, 11) is 0. The van der Waals surface area contributed by atoms with Crippen LogP contribution in [0.1, 0.15) is 12.5 Å². The first-order valence-corrected chi connectivity index (χ1v) is 9.74. The van der Waals surface area contributed by atoms with E-state index in [2.05, 4.69) is 21.6 Å². The number of fused-ring (bicyclic) bond motifs is 1. The zero-order chi connectivity index (χ0) is 18.1. The summed E-state index contributed by atoms with van der Waals surface area (Å²) in [5.41, 5.74) is 2.02. The van der Waals surface area contributed by atoms with Crippen molar-refractivity contribution in [1.29, 1.82) is 0 Å². The maximum atomic E-state index is 7.47. The van der Waals surface area contributed by atoms with Gasteiger partial charge in [0.25, 0.3) is 0 Å². The molecule has 6 heteroatoms. The highest BCUT2D eigenvalue weighted by atomic mass is 32.1. The van der Waals surface area contributed by atoms with Crippen LogP contribution in [0.4, 0.5) is 10.8 Å². The third-order valence-electron chi connectivity index (χ3n) is 5.00. The third kappa shape index (κ3) is 2.94. The second-order valence-electron chi connectivity index (χ2n) is 6.48. The molecule has 0 radical (unpaired) electrons. The summed E-state index contributed by atoms with van der Waals surface area (Å²) in [6.45, 7) is 16.8. The van der Waals surface area contributed by atoms with E-state index in [4.69, 9.17) is 16.5 Å². The molecule has 1 aromatic carbocycles. The summed E-state index contributed by atoms with van der Waals surface area (Å²) in [6.07, 6.45) is 0. The van der Waals surface area contributed by atoms with Crippen LogP contribution < -0.4 is 4.90 Å². The van der Waals surface area contributed by atoms with Crippen molar-refractivity contribution in [3.05, 3.63) is 47.3 Å². The van der Waals surface area contributed by atoms with E-state index in [0.29, 0.717) is 5.00 Å². The standard InChI is InChI=1S/C20H21N5S/c1-4-24-10-12-25(13-11-24)18-16-14(2)19(21-3)26-20(16)23-17(22-18)15-8-6-5-7-9-15/h5-9H,4,10-13H2,1-2H3. The van der Waals surface area contributed by atoms with Crippen molar-refractivity contribution in [2.75, 3.05) is 37.6 Å². The van der Waals surface area contributed by atoms with Gasteiger partial charge in [0.1, 0.15) is 10.6 Å². The molecule has 132 valence electrons. The zero-order valence-electron chi connectivity index (χ0n) is 15.1. The minimum atomic E-state index is 0.716. The Balaban J connectivity index is 1.86. The Kier molecular flexibility index (Phi) is 4.58. The lowest BCUT2D eigenvalue weighted by molar-refractivity contribution is 0.271. The van der Waals surface area contributed by atoms with Crippen molar-refractivity contribution >= 4 is 32.4 Å². The molecule has 0 aliphatic carbocycles. The summed E-state index contributed by atoms with van der Waals surface area (Å²) < 4.78 is 0. The maximum absolute atomic E-state index is 7.47. The third-order valence-corrected chi connectivity index (χ3v) is 6.08. The largest absolute Gasteiger partial charge is 0.353 e. The average molecular weight is 363 g/mol. The monoisotopic (exact) mass is 363 g/mol. The molecule has 1 fully saturated rings. The van der Waals surface area contributed by atoms with E-state index in [0.717, 1.165) is 65.7 Å². The lowest BCUT2D eigenvalue weighted by Crippen LogP contribution is -2.46. The Hall–Kier alpha value is -2.49. The number of hydrogen-bond acceptors (Lipinski definition) is 5. The van der Waals surface area contributed by atoms with E-state index in [1.54, 1.807) is 0 Å². The fraction of sp³-hybridized carbons (Fsp3) is 0.350. The van der Waals surface area contributed by atoms with Gasteiger partial charge in [-0.05, 0) is 19.0 Å². The number of hydrogen-bond donors (Lipinski definition) is 0. The van der Waals surface area contributed by atoms with E-state index >= 15 is 0 Å². The minimum Gasteiger partial charge on any atom is -0.353 e. The van der Waals surface area contributed by atoms with Gasteiger partial charge in [0.05, 0.1) is 6.57 Å². The van der Waals surface area contributed by atoms with Crippen LogP contribution in [-0.4, -0.2) is 47.6 Å². The van der Waals surface area contributed by atoms with E-state index in [1.165, 1.54) is 11.3 Å². The first-order valence-electron chi connectivity index (χ1n) is 8.92. The molecule has 0 spiro atoms.